The monoisotopic (exact) mass is 333 g/mol. The zero-order valence-corrected chi connectivity index (χ0v) is 13.6. The first-order valence-electron chi connectivity index (χ1n) is 7.38. The number of carbonyl (C=O) groups is 1. The number of pyridine rings is 1. The molecule has 2 aromatic carbocycles. The highest BCUT2D eigenvalue weighted by Crippen LogP contribution is 2.30. The van der Waals surface area contributed by atoms with Crippen LogP contribution in [0.4, 0.5) is 0 Å². The van der Waals surface area contributed by atoms with Gasteiger partial charge < -0.3 is 0 Å². The summed E-state index contributed by atoms with van der Waals surface area (Å²) in [5, 5.41) is 4.00. The first kappa shape index (κ1) is 16.0. The van der Waals surface area contributed by atoms with Crippen LogP contribution in [0.25, 0.3) is 0 Å². The van der Waals surface area contributed by atoms with Crippen molar-refractivity contribution in [3.63, 3.8) is 0 Å². The molecule has 118 valence electrons. The van der Waals surface area contributed by atoms with Crippen molar-refractivity contribution in [1.82, 2.24) is 10.4 Å². The van der Waals surface area contributed by atoms with Crippen LogP contribution >= 0.6 is 11.8 Å². The van der Waals surface area contributed by atoms with Crippen LogP contribution in [0, 0.1) is 0 Å². The second-order valence-electron chi connectivity index (χ2n) is 4.89. The van der Waals surface area contributed by atoms with Gasteiger partial charge in [0, 0.05) is 22.2 Å². The van der Waals surface area contributed by atoms with Crippen LogP contribution in [0.5, 0.6) is 0 Å². The number of benzene rings is 2. The highest BCUT2D eigenvalue weighted by atomic mass is 32.2. The van der Waals surface area contributed by atoms with Gasteiger partial charge in [0.25, 0.3) is 5.91 Å². The van der Waals surface area contributed by atoms with Crippen molar-refractivity contribution in [3.8, 4) is 0 Å². The number of carbonyl (C=O) groups excluding carboxylic acids is 1. The van der Waals surface area contributed by atoms with E-state index in [4.69, 9.17) is 0 Å². The van der Waals surface area contributed by atoms with Crippen LogP contribution in [-0.4, -0.2) is 17.1 Å². The Hall–Kier alpha value is -2.92. The Morgan fingerprint density at radius 3 is 2.46 bits per heavy atom. The van der Waals surface area contributed by atoms with Gasteiger partial charge in [-0.25, -0.2) is 5.43 Å². The predicted octanol–water partition coefficient (Wildman–Crippen LogP) is 4.00. The molecule has 0 bridgehead atoms. The Labute approximate surface area is 144 Å². The summed E-state index contributed by atoms with van der Waals surface area (Å²) in [5.41, 5.74) is 4.04. The average molecular weight is 333 g/mol. The molecule has 4 nitrogen and oxygen atoms in total. The minimum absolute atomic E-state index is 0.237. The van der Waals surface area contributed by atoms with E-state index in [0.29, 0.717) is 5.56 Å². The lowest BCUT2D eigenvalue weighted by molar-refractivity contribution is 0.0952. The Kier molecular flexibility index (Phi) is 5.37. The summed E-state index contributed by atoms with van der Waals surface area (Å²) in [7, 11) is 0. The van der Waals surface area contributed by atoms with E-state index in [1.54, 1.807) is 36.4 Å². The standard InChI is InChI=1S/C19H15N3OS/c23-19(22-21-14-15-10-12-20-13-11-15)17-8-4-5-9-18(17)24-16-6-2-1-3-7-16/h1-14H,(H,22,23). The Balaban J connectivity index is 1.72. The average Bonchev–Trinajstić information content (AvgIpc) is 2.64. The molecular formula is C19H15N3OS. The molecule has 0 spiro atoms. The molecule has 0 saturated heterocycles. The van der Waals surface area contributed by atoms with Crippen LogP contribution in [0.15, 0.2) is 94.0 Å². The van der Waals surface area contributed by atoms with Gasteiger partial charge in [0.15, 0.2) is 0 Å². The van der Waals surface area contributed by atoms with Crippen molar-refractivity contribution in [2.24, 2.45) is 5.10 Å². The molecule has 0 aliphatic carbocycles. The largest absolute Gasteiger partial charge is 0.272 e. The molecular weight excluding hydrogens is 318 g/mol. The van der Waals surface area contributed by atoms with Crippen molar-refractivity contribution in [1.29, 1.82) is 0 Å². The van der Waals surface area contributed by atoms with Gasteiger partial charge in [0.1, 0.15) is 0 Å². The van der Waals surface area contributed by atoms with Gasteiger partial charge >= 0.3 is 0 Å². The highest BCUT2D eigenvalue weighted by Gasteiger charge is 2.11. The quantitative estimate of drug-likeness (QED) is 0.567. The molecule has 24 heavy (non-hydrogen) atoms. The van der Waals surface area contributed by atoms with Gasteiger partial charge in [-0.1, -0.05) is 42.1 Å². The fourth-order valence-electron chi connectivity index (χ4n) is 2.03. The van der Waals surface area contributed by atoms with Gasteiger partial charge in [-0.15, -0.1) is 0 Å². The lowest BCUT2D eigenvalue weighted by Crippen LogP contribution is -2.18. The predicted molar refractivity (Wildman–Crippen MR) is 96.3 cm³/mol. The van der Waals surface area contributed by atoms with Crippen molar-refractivity contribution >= 4 is 23.9 Å². The number of nitrogens with one attached hydrogen (secondary N) is 1. The minimum Gasteiger partial charge on any atom is -0.267 e. The molecule has 1 aromatic heterocycles. The molecule has 0 aliphatic heterocycles. The van der Waals surface area contributed by atoms with Crippen molar-refractivity contribution in [2.45, 2.75) is 9.79 Å². The maximum atomic E-state index is 12.4. The Bertz CT molecular complexity index is 836. The third-order valence-corrected chi connectivity index (χ3v) is 4.27. The van der Waals surface area contributed by atoms with Crippen LogP contribution in [0.1, 0.15) is 15.9 Å². The van der Waals surface area contributed by atoms with Gasteiger partial charge in [0.05, 0.1) is 11.8 Å². The zero-order chi connectivity index (χ0) is 16.6. The van der Waals surface area contributed by atoms with E-state index in [0.717, 1.165) is 15.4 Å². The van der Waals surface area contributed by atoms with Gasteiger partial charge in [-0.05, 0) is 42.0 Å². The zero-order valence-electron chi connectivity index (χ0n) is 12.8. The molecule has 1 heterocycles. The Morgan fingerprint density at radius 1 is 0.958 bits per heavy atom. The van der Waals surface area contributed by atoms with Gasteiger partial charge in [-0.3, -0.25) is 9.78 Å². The summed E-state index contributed by atoms with van der Waals surface area (Å²) in [6, 6.07) is 21.1. The lowest BCUT2D eigenvalue weighted by Gasteiger charge is -2.07. The number of amides is 1. The molecule has 0 radical (unpaired) electrons. The number of aromatic nitrogens is 1. The molecule has 0 aliphatic rings. The van der Waals surface area contributed by atoms with Gasteiger partial charge in [0.2, 0.25) is 0 Å². The second-order valence-corrected chi connectivity index (χ2v) is 6.01. The molecule has 0 unspecified atom stereocenters. The molecule has 0 atom stereocenters. The number of hydrogen-bond acceptors (Lipinski definition) is 4. The van der Waals surface area contributed by atoms with E-state index < -0.39 is 0 Å². The molecule has 1 amide bonds. The summed E-state index contributed by atoms with van der Waals surface area (Å²) >= 11 is 1.55. The van der Waals surface area contributed by atoms with E-state index in [1.807, 2.05) is 60.7 Å². The van der Waals surface area contributed by atoms with E-state index in [1.165, 1.54) is 0 Å². The fourth-order valence-corrected chi connectivity index (χ4v) is 3.00. The van der Waals surface area contributed by atoms with E-state index in [2.05, 4.69) is 15.5 Å². The van der Waals surface area contributed by atoms with Crippen LogP contribution in [-0.2, 0) is 0 Å². The maximum absolute atomic E-state index is 12.4. The number of hydrogen-bond donors (Lipinski definition) is 1. The summed E-state index contributed by atoms with van der Waals surface area (Å²) in [6.45, 7) is 0. The third kappa shape index (κ3) is 4.30. The van der Waals surface area contributed by atoms with Crippen LogP contribution in [0.2, 0.25) is 0 Å². The van der Waals surface area contributed by atoms with E-state index in [-0.39, 0.29) is 5.91 Å². The molecule has 1 N–H and O–H groups in total. The fraction of sp³-hybridized carbons (Fsp3) is 0. The minimum atomic E-state index is -0.237. The summed E-state index contributed by atoms with van der Waals surface area (Å²) in [6.07, 6.45) is 4.94. The molecule has 0 saturated carbocycles. The normalized spacial score (nSPS) is 10.7. The first-order chi connectivity index (χ1) is 11.8. The maximum Gasteiger partial charge on any atom is 0.272 e. The van der Waals surface area contributed by atoms with Crippen molar-refractivity contribution in [3.05, 3.63) is 90.3 Å². The number of hydrazone groups is 1. The van der Waals surface area contributed by atoms with E-state index >= 15 is 0 Å². The smallest absolute Gasteiger partial charge is 0.267 e. The van der Waals surface area contributed by atoms with E-state index in [9.17, 15) is 4.79 Å². The lowest BCUT2D eigenvalue weighted by atomic mass is 10.2. The summed E-state index contributed by atoms with van der Waals surface area (Å²) < 4.78 is 0. The molecule has 3 rings (SSSR count). The first-order valence-corrected chi connectivity index (χ1v) is 8.20. The second kappa shape index (κ2) is 8.08. The Morgan fingerprint density at radius 2 is 1.67 bits per heavy atom. The van der Waals surface area contributed by atoms with Crippen molar-refractivity contribution < 1.29 is 4.79 Å². The number of nitrogens with zero attached hydrogens (tertiary/aromatic N) is 2. The van der Waals surface area contributed by atoms with Crippen molar-refractivity contribution in [2.75, 3.05) is 0 Å². The number of rotatable bonds is 5. The topological polar surface area (TPSA) is 54.4 Å². The highest BCUT2D eigenvalue weighted by molar-refractivity contribution is 7.99. The SMILES string of the molecule is O=C(NN=Cc1ccncc1)c1ccccc1Sc1ccccc1. The van der Waals surface area contributed by atoms with Gasteiger partial charge in [-0.2, -0.15) is 5.10 Å². The van der Waals surface area contributed by atoms with Crippen LogP contribution in [0.3, 0.4) is 0 Å². The third-order valence-electron chi connectivity index (χ3n) is 3.19. The molecule has 0 fully saturated rings. The molecule has 3 aromatic rings. The molecule has 5 heteroatoms. The summed E-state index contributed by atoms with van der Waals surface area (Å²) in [4.78, 5) is 18.3. The summed E-state index contributed by atoms with van der Waals surface area (Å²) in [5.74, 6) is -0.237. The van der Waals surface area contributed by atoms with Crippen LogP contribution < -0.4 is 5.43 Å².